The van der Waals surface area contributed by atoms with Crippen molar-refractivity contribution in [2.45, 2.75) is 13.8 Å². The van der Waals surface area contributed by atoms with Gasteiger partial charge in [0.25, 0.3) is 0 Å². The summed E-state index contributed by atoms with van der Waals surface area (Å²) in [6, 6.07) is 3.83. The molecule has 1 aromatic heterocycles. The van der Waals surface area contributed by atoms with Crippen LogP contribution in [0.2, 0.25) is 0 Å². The third kappa shape index (κ3) is 5.33. The molecule has 2 N–H and O–H groups in total. The zero-order valence-corrected chi connectivity index (χ0v) is 11.3. The molecule has 1 rings (SSSR count). The van der Waals surface area contributed by atoms with Crippen molar-refractivity contribution < 1.29 is 9.47 Å². The van der Waals surface area contributed by atoms with E-state index in [2.05, 4.69) is 9.88 Å². The molecule has 102 valence electrons. The normalized spacial score (nSPS) is 10.6. The fourth-order valence-electron chi connectivity index (χ4n) is 1.64. The molecule has 0 amide bonds. The predicted molar refractivity (Wildman–Crippen MR) is 73.8 cm³/mol. The number of nitrogens with two attached hydrogens (primary N) is 1. The van der Waals surface area contributed by atoms with Crippen LogP contribution in [0, 0.1) is 0 Å². The van der Waals surface area contributed by atoms with E-state index in [1.54, 1.807) is 6.20 Å². The van der Waals surface area contributed by atoms with Gasteiger partial charge in [0.1, 0.15) is 5.82 Å². The van der Waals surface area contributed by atoms with Crippen molar-refractivity contribution in [1.82, 2.24) is 4.98 Å². The zero-order chi connectivity index (χ0) is 13.2. The number of nitrogen functional groups attached to an aromatic ring is 1. The van der Waals surface area contributed by atoms with E-state index in [4.69, 9.17) is 15.2 Å². The number of anilines is 2. The number of nitrogens with zero attached hydrogens (tertiary/aromatic N) is 2. The summed E-state index contributed by atoms with van der Waals surface area (Å²) < 4.78 is 10.8. The van der Waals surface area contributed by atoms with Crippen LogP contribution in [0.1, 0.15) is 13.8 Å². The lowest BCUT2D eigenvalue weighted by Crippen LogP contribution is -2.31. The van der Waals surface area contributed by atoms with Gasteiger partial charge in [-0.3, -0.25) is 0 Å². The van der Waals surface area contributed by atoms with E-state index in [1.165, 1.54) is 0 Å². The number of rotatable bonds is 9. The fraction of sp³-hybridized carbons (Fsp3) is 0.615. The minimum Gasteiger partial charge on any atom is -0.384 e. The third-order valence-electron chi connectivity index (χ3n) is 2.55. The predicted octanol–water partition coefficient (Wildman–Crippen LogP) is 1.54. The molecule has 0 aliphatic heterocycles. The van der Waals surface area contributed by atoms with Crippen molar-refractivity contribution >= 4 is 11.5 Å². The molecule has 0 aliphatic carbocycles. The molecule has 0 fully saturated rings. The lowest BCUT2D eigenvalue weighted by atomic mass is 10.3. The summed E-state index contributed by atoms with van der Waals surface area (Å²) in [7, 11) is 0. The molecule has 0 unspecified atom stereocenters. The van der Waals surface area contributed by atoms with Crippen LogP contribution in [0.5, 0.6) is 0 Å². The first-order chi connectivity index (χ1) is 8.77. The maximum Gasteiger partial charge on any atom is 0.125 e. The van der Waals surface area contributed by atoms with Crippen LogP contribution >= 0.6 is 0 Å². The molecular weight excluding hydrogens is 230 g/mol. The first-order valence-electron chi connectivity index (χ1n) is 6.39. The van der Waals surface area contributed by atoms with Gasteiger partial charge in [-0.25, -0.2) is 4.98 Å². The highest BCUT2D eigenvalue weighted by molar-refractivity contribution is 5.51. The number of ether oxygens (including phenoxy) is 2. The molecule has 0 aromatic carbocycles. The molecule has 5 nitrogen and oxygen atoms in total. The molecule has 0 bridgehead atoms. The van der Waals surface area contributed by atoms with E-state index in [0.29, 0.717) is 19.0 Å². The Bertz CT molecular complexity index is 324. The van der Waals surface area contributed by atoms with Crippen molar-refractivity contribution in [2.24, 2.45) is 0 Å². The Morgan fingerprint density at radius 2 is 1.78 bits per heavy atom. The highest BCUT2D eigenvalue weighted by Crippen LogP contribution is 2.15. The molecule has 1 heterocycles. The van der Waals surface area contributed by atoms with Gasteiger partial charge in [-0.15, -0.1) is 0 Å². The zero-order valence-electron chi connectivity index (χ0n) is 11.3. The molecule has 0 saturated carbocycles. The van der Waals surface area contributed by atoms with Crippen molar-refractivity contribution in [3.8, 4) is 0 Å². The van der Waals surface area contributed by atoms with Crippen LogP contribution in [0.3, 0.4) is 0 Å². The van der Waals surface area contributed by atoms with Gasteiger partial charge in [0.05, 0.1) is 13.2 Å². The average Bonchev–Trinajstić information content (AvgIpc) is 2.37. The van der Waals surface area contributed by atoms with Crippen LogP contribution in [0.15, 0.2) is 18.3 Å². The Labute approximate surface area is 109 Å². The highest BCUT2D eigenvalue weighted by Gasteiger charge is 2.06. The van der Waals surface area contributed by atoms with Gasteiger partial charge in [-0.05, 0) is 19.9 Å². The second kappa shape index (κ2) is 8.72. The summed E-state index contributed by atoms with van der Waals surface area (Å²) in [5, 5.41) is 0. The number of hydrogen-bond acceptors (Lipinski definition) is 5. The van der Waals surface area contributed by atoms with Crippen molar-refractivity contribution in [3.63, 3.8) is 0 Å². The summed E-state index contributed by atoms with van der Waals surface area (Å²) >= 11 is 0. The van der Waals surface area contributed by atoms with E-state index in [1.807, 2.05) is 26.0 Å². The Morgan fingerprint density at radius 1 is 1.17 bits per heavy atom. The minimum atomic E-state index is 0.533. The molecule has 0 radical (unpaired) electrons. The topological polar surface area (TPSA) is 60.6 Å². The minimum absolute atomic E-state index is 0.533. The number of hydrogen-bond donors (Lipinski definition) is 1. The smallest absolute Gasteiger partial charge is 0.125 e. The van der Waals surface area contributed by atoms with Gasteiger partial charge in [0.15, 0.2) is 0 Å². The van der Waals surface area contributed by atoms with Crippen molar-refractivity contribution in [2.75, 3.05) is 50.2 Å². The second-order valence-electron chi connectivity index (χ2n) is 3.82. The summed E-state index contributed by atoms with van der Waals surface area (Å²) in [6.07, 6.45) is 1.72. The molecule has 0 aliphatic rings. The molecular formula is C13H23N3O2. The van der Waals surface area contributed by atoms with Crippen LogP contribution in [-0.2, 0) is 9.47 Å². The maximum atomic E-state index is 5.71. The number of pyridine rings is 1. The van der Waals surface area contributed by atoms with Gasteiger partial charge in [-0.1, -0.05) is 0 Å². The van der Waals surface area contributed by atoms with E-state index in [-0.39, 0.29) is 0 Å². The molecule has 5 heteroatoms. The van der Waals surface area contributed by atoms with E-state index in [9.17, 15) is 0 Å². The average molecular weight is 253 g/mol. The van der Waals surface area contributed by atoms with Crippen molar-refractivity contribution in [1.29, 1.82) is 0 Å². The molecule has 0 spiro atoms. The Hall–Kier alpha value is -1.33. The summed E-state index contributed by atoms with van der Waals surface area (Å²) in [5.74, 6) is 0.533. The van der Waals surface area contributed by atoms with Gasteiger partial charge < -0.3 is 20.1 Å². The summed E-state index contributed by atoms with van der Waals surface area (Å²) in [5.41, 5.74) is 6.76. The van der Waals surface area contributed by atoms with E-state index >= 15 is 0 Å². The van der Waals surface area contributed by atoms with Crippen LogP contribution < -0.4 is 10.6 Å². The monoisotopic (exact) mass is 253 g/mol. The summed E-state index contributed by atoms with van der Waals surface area (Å²) in [6.45, 7) is 8.50. The molecule has 0 atom stereocenters. The highest BCUT2D eigenvalue weighted by atomic mass is 16.5. The Kier molecular flexibility index (Phi) is 7.13. The number of aromatic nitrogens is 1. The lowest BCUT2D eigenvalue weighted by Gasteiger charge is -2.24. The Balaban J connectivity index is 2.57. The fourth-order valence-corrected chi connectivity index (χ4v) is 1.64. The Morgan fingerprint density at radius 3 is 2.28 bits per heavy atom. The lowest BCUT2D eigenvalue weighted by molar-refractivity contribution is 0.141. The van der Waals surface area contributed by atoms with E-state index < -0.39 is 0 Å². The van der Waals surface area contributed by atoms with Crippen LogP contribution in [0.25, 0.3) is 0 Å². The van der Waals surface area contributed by atoms with E-state index in [0.717, 1.165) is 32.0 Å². The third-order valence-corrected chi connectivity index (χ3v) is 2.55. The molecule has 18 heavy (non-hydrogen) atoms. The van der Waals surface area contributed by atoms with Crippen LogP contribution in [0.4, 0.5) is 11.5 Å². The van der Waals surface area contributed by atoms with Gasteiger partial charge in [0.2, 0.25) is 0 Å². The maximum absolute atomic E-state index is 5.71. The van der Waals surface area contributed by atoms with Crippen molar-refractivity contribution in [3.05, 3.63) is 18.3 Å². The van der Waals surface area contributed by atoms with Gasteiger partial charge in [0, 0.05) is 44.3 Å². The van der Waals surface area contributed by atoms with Gasteiger partial charge in [-0.2, -0.15) is 0 Å². The molecule has 0 saturated heterocycles. The SMILES string of the molecule is CCOCCN(CCOCC)c1ccnc(N)c1. The first kappa shape index (κ1) is 14.7. The summed E-state index contributed by atoms with van der Waals surface area (Å²) in [4.78, 5) is 6.20. The largest absolute Gasteiger partial charge is 0.384 e. The van der Waals surface area contributed by atoms with Crippen LogP contribution in [-0.4, -0.2) is 44.5 Å². The quantitative estimate of drug-likeness (QED) is 0.676. The first-order valence-corrected chi connectivity index (χ1v) is 6.39. The standard InChI is InChI=1S/C13H23N3O2/c1-3-17-9-7-16(8-10-18-4-2)12-5-6-15-13(14)11-12/h5-6,11H,3-4,7-10H2,1-2H3,(H2,14,15). The second-order valence-corrected chi connectivity index (χ2v) is 3.82. The van der Waals surface area contributed by atoms with Gasteiger partial charge >= 0.3 is 0 Å². The molecule has 1 aromatic rings.